The van der Waals surface area contributed by atoms with Gasteiger partial charge in [0.15, 0.2) is 0 Å². The average molecular weight is 416 g/mol. The quantitative estimate of drug-likeness (QED) is 0.332. The lowest BCUT2D eigenvalue weighted by atomic mass is 10.3. The number of hydrogen-bond acceptors (Lipinski definition) is 6. The molecular weight excluding hydrogens is 370 g/mol. The van der Waals surface area contributed by atoms with E-state index < -0.39 is 0 Å². The van der Waals surface area contributed by atoms with Crippen molar-refractivity contribution in [3.63, 3.8) is 0 Å². The molecule has 0 aromatic heterocycles. The van der Waals surface area contributed by atoms with E-state index in [4.69, 9.17) is 23.7 Å². The highest BCUT2D eigenvalue weighted by Crippen LogP contribution is 2.15. The first-order valence-corrected chi connectivity index (χ1v) is 10.8. The standard InChI is InChI=1S/C17H29NO4.C2H4O.2C2H6/c1-3-19-12-13-21-15-14-20-10-4-5-11-22-17-8-6-16(18-2)7-9-17;1-2-3;2*1-2/h6-9,18H,3-5,10-15H2,1-2H3;2H,1H3;2*1-2H3. The Bertz CT molecular complexity index is 399. The van der Waals surface area contributed by atoms with Crippen LogP contribution < -0.4 is 10.1 Å². The van der Waals surface area contributed by atoms with Gasteiger partial charge in [-0.3, -0.25) is 0 Å². The number of carbonyl (C=O) groups excluding carboxylic acids is 1. The topological polar surface area (TPSA) is 66.0 Å². The fourth-order valence-electron chi connectivity index (χ4n) is 1.80. The number of rotatable bonds is 14. The monoisotopic (exact) mass is 415 g/mol. The molecule has 0 unspecified atom stereocenters. The largest absolute Gasteiger partial charge is 0.494 e. The molecule has 0 fully saturated rings. The molecule has 1 rings (SSSR count). The molecule has 0 aliphatic rings. The molecule has 0 saturated heterocycles. The Balaban J connectivity index is -0.000000856. The lowest BCUT2D eigenvalue weighted by Crippen LogP contribution is -2.10. The Morgan fingerprint density at radius 2 is 1.24 bits per heavy atom. The molecule has 1 aromatic carbocycles. The van der Waals surface area contributed by atoms with E-state index in [0.29, 0.717) is 33.0 Å². The minimum atomic E-state index is 0.626. The van der Waals surface area contributed by atoms with Crippen molar-refractivity contribution in [3.05, 3.63) is 24.3 Å². The molecule has 1 N–H and O–H groups in total. The van der Waals surface area contributed by atoms with Crippen molar-refractivity contribution >= 4 is 12.0 Å². The molecule has 0 aliphatic carbocycles. The minimum absolute atomic E-state index is 0.626. The molecule has 0 radical (unpaired) electrons. The number of carbonyl (C=O) groups is 1. The van der Waals surface area contributed by atoms with Crippen LogP contribution in [0.5, 0.6) is 5.75 Å². The molecule has 0 saturated carbocycles. The minimum Gasteiger partial charge on any atom is -0.494 e. The van der Waals surface area contributed by atoms with Crippen LogP contribution in [0.3, 0.4) is 0 Å². The smallest absolute Gasteiger partial charge is 0.119 e. The van der Waals surface area contributed by atoms with Crippen molar-refractivity contribution in [2.75, 3.05) is 58.6 Å². The van der Waals surface area contributed by atoms with E-state index in [1.807, 2.05) is 65.9 Å². The number of aldehydes is 1. The number of nitrogens with one attached hydrogen (secondary N) is 1. The van der Waals surface area contributed by atoms with Crippen molar-refractivity contribution in [1.82, 2.24) is 0 Å². The van der Waals surface area contributed by atoms with Crippen LogP contribution in [0.4, 0.5) is 5.69 Å². The molecule has 0 aliphatic heterocycles. The van der Waals surface area contributed by atoms with E-state index in [2.05, 4.69) is 5.32 Å². The number of unbranched alkanes of at least 4 members (excludes halogenated alkanes) is 1. The SMILES string of the molecule is CC.CC.CC=O.CCOCCOCCOCCCCOc1ccc(NC)cc1. The highest BCUT2D eigenvalue weighted by atomic mass is 16.5. The molecule has 0 atom stereocenters. The lowest BCUT2D eigenvalue weighted by Gasteiger charge is -2.08. The zero-order valence-corrected chi connectivity index (χ0v) is 19.8. The zero-order chi connectivity index (χ0) is 22.6. The van der Waals surface area contributed by atoms with E-state index in [-0.39, 0.29) is 0 Å². The Labute approximate surface area is 179 Å². The second-order valence-electron chi connectivity index (χ2n) is 4.99. The number of hydrogen-bond donors (Lipinski definition) is 1. The van der Waals surface area contributed by atoms with E-state index >= 15 is 0 Å². The van der Waals surface area contributed by atoms with Crippen LogP contribution in [-0.4, -0.2) is 59.6 Å². The van der Waals surface area contributed by atoms with Gasteiger partial charge in [0.2, 0.25) is 0 Å². The summed E-state index contributed by atoms with van der Waals surface area (Å²) in [5, 5.41) is 3.08. The predicted molar refractivity (Wildman–Crippen MR) is 123 cm³/mol. The second kappa shape index (κ2) is 31.1. The van der Waals surface area contributed by atoms with E-state index in [0.717, 1.165) is 43.8 Å². The Morgan fingerprint density at radius 3 is 1.72 bits per heavy atom. The van der Waals surface area contributed by atoms with Gasteiger partial charge in [-0.05, 0) is 51.0 Å². The van der Waals surface area contributed by atoms with Gasteiger partial charge in [-0.15, -0.1) is 0 Å². The summed E-state index contributed by atoms with van der Waals surface area (Å²) in [5.74, 6) is 0.905. The van der Waals surface area contributed by atoms with Crippen LogP contribution in [0, 0.1) is 0 Å². The molecule has 172 valence electrons. The molecule has 29 heavy (non-hydrogen) atoms. The summed E-state index contributed by atoms with van der Waals surface area (Å²) in [5.41, 5.74) is 1.09. The van der Waals surface area contributed by atoms with Crippen LogP contribution >= 0.6 is 0 Å². The van der Waals surface area contributed by atoms with Crippen LogP contribution in [0.15, 0.2) is 24.3 Å². The van der Waals surface area contributed by atoms with Gasteiger partial charge >= 0.3 is 0 Å². The number of anilines is 1. The van der Waals surface area contributed by atoms with E-state index in [1.165, 1.54) is 6.92 Å². The summed E-state index contributed by atoms with van der Waals surface area (Å²) in [6, 6.07) is 7.96. The summed E-state index contributed by atoms with van der Waals surface area (Å²) < 4.78 is 21.7. The van der Waals surface area contributed by atoms with Crippen LogP contribution in [0.2, 0.25) is 0 Å². The van der Waals surface area contributed by atoms with Gasteiger partial charge in [-0.2, -0.15) is 0 Å². The first-order valence-electron chi connectivity index (χ1n) is 10.8. The maximum absolute atomic E-state index is 8.81. The molecular formula is C23H45NO5. The Kier molecular flexibility index (Phi) is 34.3. The summed E-state index contributed by atoms with van der Waals surface area (Å²) in [4.78, 5) is 8.81. The molecule has 0 bridgehead atoms. The maximum atomic E-state index is 8.81. The summed E-state index contributed by atoms with van der Waals surface area (Å²) in [6.45, 7) is 16.2. The molecule has 0 heterocycles. The number of ether oxygens (including phenoxy) is 4. The van der Waals surface area contributed by atoms with Gasteiger partial charge < -0.3 is 29.1 Å². The van der Waals surface area contributed by atoms with Crippen molar-refractivity contribution in [2.45, 2.75) is 54.4 Å². The van der Waals surface area contributed by atoms with Gasteiger partial charge in [0.05, 0.1) is 33.0 Å². The van der Waals surface area contributed by atoms with Crippen molar-refractivity contribution in [1.29, 1.82) is 0 Å². The summed E-state index contributed by atoms with van der Waals surface area (Å²) >= 11 is 0. The van der Waals surface area contributed by atoms with Gasteiger partial charge in [-0.25, -0.2) is 0 Å². The van der Waals surface area contributed by atoms with Gasteiger partial charge in [0.25, 0.3) is 0 Å². The summed E-state index contributed by atoms with van der Waals surface area (Å²) in [7, 11) is 1.90. The van der Waals surface area contributed by atoms with Crippen molar-refractivity contribution in [2.24, 2.45) is 0 Å². The van der Waals surface area contributed by atoms with Crippen LogP contribution in [0.1, 0.15) is 54.4 Å². The van der Waals surface area contributed by atoms with E-state index in [1.54, 1.807) is 0 Å². The molecule has 6 nitrogen and oxygen atoms in total. The van der Waals surface area contributed by atoms with Gasteiger partial charge in [0, 0.05) is 25.9 Å². The molecule has 1 aromatic rings. The third-order valence-electron chi connectivity index (χ3n) is 3.04. The molecule has 0 spiro atoms. The Morgan fingerprint density at radius 1 is 0.793 bits per heavy atom. The Hall–Kier alpha value is -1.63. The average Bonchev–Trinajstić information content (AvgIpc) is 2.78. The lowest BCUT2D eigenvalue weighted by molar-refractivity contribution is -0.106. The van der Waals surface area contributed by atoms with Crippen molar-refractivity contribution < 1.29 is 23.7 Å². The zero-order valence-electron chi connectivity index (χ0n) is 19.8. The third kappa shape index (κ3) is 26.4. The maximum Gasteiger partial charge on any atom is 0.119 e. The fourth-order valence-corrected chi connectivity index (χ4v) is 1.80. The predicted octanol–water partition coefficient (Wildman–Crippen LogP) is 5.21. The first-order chi connectivity index (χ1) is 14.3. The van der Waals surface area contributed by atoms with Gasteiger partial charge in [0.1, 0.15) is 12.0 Å². The highest BCUT2D eigenvalue weighted by molar-refractivity contribution is 5.45. The summed E-state index contributed by atoms with van der Waals surface area (Å²) in [6.07, 6.45) is 2.73. The normalized spacial score (nSPS) is 8.93. The van der Waals surface area contributed by atoms with E-state index in [9.17, 15) is 0 Å². The molecule has 0 amide bonds. The van der Waals surface area contributed by atoms with Gasteiger partial charge in [-0.1, -0.05) is 27.7 Å². The number of benzene rings is 1. The second-order valence-corrected chi connectivity index (χ2v) is 4.99. The fraction of sp³-hybridized carbons (Fsp3) is 0.696. The molecule has 6 heteroatoms. The third-order valence-corrected chi connectivity index (χ3v) is 3.04. The van der Waals surface area contributed by atoms with Crippen LogP contribution in [0.25, 0.3) is 0 Å². The highest BCUT2D eigenvalue weighted by Gasteiger charge is 1.95. The van der Waals surface area contributed by atoms with Crippen molar-refractivity contribution in [3.8, 4) is 5.75 Å². The first kappa shape index (κ1) is 32.0. The van der Waals surface area contributed by atoms with Crippen LogP contribution in [-0.2, 0) is 19.0 Å².